The summed E-state index contributed by atoms with van der Waals surface area (Å²) in [5, 5.41) is 15.3. The first kappa shape index (κ1) is 13.8. The Kier molecular flexibility index (Phi) is 3.96. The predicted octanol–water partition coefficient (Wildman–Crippen LogP) is 2.98. The molecule has 3 rings (SSSR count). The van der Waals surface area contributed by atoms with Crippen LogP contribution in [0.1, 0.15) is 12.8 Å². The van der Waals surface area contributed by atoms with Crippen molar-refractivity contribution in [1.29, 1.82) is 0 Å². The average molecular weight is 287 g/mol. The fourth-order valence-electron chi connectivity index (χ4n) is 2.66. The molecule has 1 aliphatic heterocycles. The number of hydrogen-bond donors (Lipinski definition) is 1. The van der Waals surface area contributed by atoms with E-state index >= 15 is 0 Å². The number of nitrogens with one attached hydrogen (secondary N) is 1. The maximum atomic E-state index is 11.1. The molecule has 0 atom stereocenters. The van der Waals surface area contributed by atoms with Crippen molar-refractivity contribution in [1.82, 2.24) is 4.98 Å². The van der Waals surface area contributed by atoms with Crippen LogP contribution in [0.15, 0.2) is 30.5 Å². The van der Waals surface area contributed by atoms with Gasteiger partial charge in [0.1, 0.15) is 5.52 Å². The van der Waals surface area contributed by atoms with Gasteiger partial charge in [-0.25, -0.2) is 4.98 Å². The number of ether oxygens (including phenoxy) is 1. The van der Waals surface area contributed by atoms with Crippen molar-refractivity contribution in [3.8, 4) is 0 Å². The summed E-state index contributed by atoms with van der Waals surface area (Å²) in [5.74, 6) is 0.584. The van der Waals surface area contributed by atoms with Crippen molar-refractivity contribution < 1.29 is 9.66 Å². The van der Waals surface area contributed by atoms with E-state index in [-0.39, 0.29) is 5.69 Å². The van der Waals surface area contributed by atoms with Gasteiger partial charge in [0.05, 0.1) is 4.92 Å². The molecule has 2 heterocycles. The van der Waals surface area contributed by atoms with E-state index in [0.29, 0.717) is 11.4 Å². The Morgan fingerprint density at radius 3 is 2.90 bits per heavy atom. The maximum absolute atomic E-state index is 11.1. The van der Waals surface area contributed by atoms with Crippen LogP contribution < -0.4 is 5.32 Å². The Morgan fingerprint density at radius 2 is 2.14 bits per heavy atom. The van der Waals surface area contributed by atoms with Crippen LogP contribution >= 0.6 is 0 Å². The van der Waals surface area contributed by atoms with E-state index in [1.807, 2.05) is 6.07 Å². The molecule has 0 aliphatic carbocycles. The van der Waals surface area contributed by atoms with Crippen LogP contribution in [0.25, 0.3) is 10.9 Å². The lowest BCUT2D eigenvalue weighted by Crippen LogP contribution is -2.22. The highest BCUT2D eigenvalue weighted by Gasteiger charge is 2.17. The minimum absolute atomic E-state index is 0.0437. The van der Waals surface area contributed by atoms with Gasteiger partial charge in [0, 0.05) is 43.1 Å². The minimum atomic E-state index is -0.391. The smallest absolute Gasteiger partial charge is 0.295 e. The Morgan fingerprint density at radius 1 is 1.33 bits per heavy atom. The van der Waals surface area contributed by atoms with E-state index in [1.165, 1.54) is 6.07 Å². The standard InChI is InChI=1S/C15H17N3O3/c19-18(20)14-4-3-13(12-2-1-7-16-15(12)14)17-10-11-5-8-21-9-6-11/h1-4,7,11,17H,5-6,8-10H2. The quantitative estimate of drug-likeness (QED) is 0.691. The summed E-state index contributed by atoms with van der Waals surface area (Å²) >= 11 is 0. The van der Waals surface area contributed by atoms with Gasteiger partial charge in [-0.15, -0.1) is 0 Å². The second kappa shape index (κ2) is 6.05. The van der Waals surface area contributed by atoms with Crippen LogP contribution in [-0.4, -0.2) is 29.7 Å². The molecular formula is C15H17N3O3. The second-order valence-corrected chi connectivity index (χ2v) is 5.23. The van der Waals surface area contributed by atoms with Crippen molar-refractivity contribution >= 4 is 22.3 Å². The largest absolute Gasteiger partial charge is 0.384 e. The third-order valence-corrected chi connectivity index (χ3v) is 3.87. The van der Waals surface area contributed by atoms with Crippen molar-refractivity contribution in [2.24, 2.45) is 5.92 Å². The topological polar surface area (TPSA) is 77.3 Å². The molecular weight excluding hydrogens is 270 g/mol. The molecule has 0 radical (unpaired) electrons. The third-order valence-electron chi connectivity index (χ3n) is 3.87. The molecule has 1 saturated heterocycles. The zero-order valence-electron chi connectivity index (χ0n) is 11.6. The molecule has 1 aliphatic rings. The second-order valence-electron chi connectivity index (χ2n) is 5.23. The third kappa shape index (κ3) is 2.95. The summed E-state index contributed by atoms with van der Waals surface area (Å²) in [7, 11) is 0. The van der Waals surface area contributed by atoms with Crippen molar-refractivity contribution in [3.63, 3.8) is 0 Å². The molecule has 1 N–H and O–H groups in total. The van der Waals surface area contributed by atoms with Gasteiger partial charge in [-0.05, 0) is 37.0 Å². The lowest BCUT2D eigenvalue weighted by molar-refractivity contribution is -0.383. The van der Waals surface area contributed by atoms with Crippen molar-refractivity contribution in [3.05, 3.63) is 40.6 Å². The number of fused-ring (bicyclic) bond motifs is 1. The van der Waals surface area contributed by atoms with Gasteiger partial charge in [0.15, 0.2) is 0 Å². The number of non-ortho nitro benzene ring substituents is 1. The van der Waals surface area contributed by atoms with Gasteiger partial charge in [-0.2, -0.15) is 0 Å². The molecule has 2 aromatic rings. The van der Waals surface area contributed by atoms with Crippen LogP contribution in [-0.2, 0) is 4.74 Å². The molecule has 0 spiro atoms. The van der Waals surface area contributed by atoms with Gasteiger partial charge < -0.3 is 10.1 Å². The summed E-state index contributed by atoms with van der Waals surface area (Å²) in [4.78, 5) is 14.8. The number of pyridine rings is 1. The van der Waals surface area contributed by atoms with E-state index in [1.54, 1.807) is 18.3 Å². The molecule has 110 valence electrons. The molecule has 0 amide bonds. The molecule has 1 aromatic heterocycles. The number of rotatable bonds is 4. The van der Waals surface area contributed by atoms with Crippen LogP contribution in [0.4, 0.5) is 11.4 Å². The molecule has 0 bridgehead atoms. The number of benzene rings is 1. The molecule has 6 heteroatoms. The molecule has 0 saturated carbocycles. The van der Waals surface area contributed by atoms with Gasteiger partial charge in [-0.3, -0.25) is 10.1 Å². The lowest BCUT2D eigenvalue weighted by Gasteiger charge is -2.23. The zero-order valence-corrected chi connectivity index (χ0v) is 11.6. The summed E-state index contributed by atoms with van der Waals surface area (Å²) in [6.45, 7) is 2.48. The summed E-state index contributed by atoms with van der Waals surface area (Å²) in [6.07, 6.45) is 3.68. The Labute approximate surface area is 122 Å². The van der Waals surface area contributed by atoms with Crippen molar-refractivity contribution in [2.45, 2.75) is 12.8 Å². The number of nitro benzene ring substituents is 1. The van der Waals surface area contributed by atoms with Crippen LogP contribution in [0.3, 0.4) is 0 Å². The molecule has 1 fully saturated rings. The van der Waals surface area contributed by atoms with E-state index in [4.69, 9.17) is 4.74 Å². The van der Waals surface area contributed by atoms with Crippen molar-refractivity contribution in [2.75, 3.05) is 25.1 Å². The predicted molar refractivity (Wildman–Crippen MR) is 80.4 cm³/mol. The SMILES string of the molecule is O=[N+]([O-])c1ccc(NCC2CCOCC2)c2cccnc12. The highest BCUT2D eigenvalue weighted by Crippen LogP contribution is 2.30. The lowest BCUT2D eigenvalue weighted by atomic mass is 10.00. The monoisotopic (exact) mass is 287 g/mol. The fraction of sp³-hybridized carbons (Fsp3) is 0.400. The fourth-order valence-corrected chi connectivity index (χ4v) is 2.66. The maximum Gasteiger partial charge on any atom is 0.295 e. The highest BCUT2D eigenvalue weighted by atomic mass is 16.6. The van der Waals surface area contributed by atoms with Crippen LogP contribution in [0.5, 0.6) is 0 Å². The molecule has 1 aromatic carbocycles. The number of aromatic nitrogens is 1. The van der Waals surface area contributed by atoms with E-state index in [0.717, 1.165) is 43.7 Å². The summed E-state index contributed by atoms with van der Waals surface area (Å²) in [6, 6.07) is 6.94. The van der Waals surface area contributed by atoms with Gasteiger partial charge >= 0.3 is 0 Å². The zero-order chi connectivity index (χ0) is 14.7. The molecule has 0 unspecified atom stereocenters. The Balaban J connectivity index is 1.85. The van der Waals surface area contributed by atoms with Gasteiger partial charge in [0.25, 0.3) is 5.69 Å². The van der Waals surface area contributed by atoms with Crippen LogP contribution in [0, 0.1) is 16.0 Å². The Hall–Kier alpha value is -2.21. The highest BCUT2D eigenvalue weighted by molar-refractivity contribution is 5.96. The van der Waals surface area contributed by atoms with E-state index < -0.39 is 4.92 Å². The molecule has 21 heavy (non-hydrogen) atoms. The van der Waals surface area contributed by atoms with Gasteiger partial charge in [0.2, 0.25) is 0 Å². The molecule has 6 nitrogen and oxygen atoms in total. The minimum Gasteiger partial charge on any atom is -0.384 e. The number of anilines is 1. The average Bonchev–Trinajstić information content (AvgIpc) is 2.53. The van der Waals surface area contributed by atoms with Gasteiger partial charge in [-0.1, -0.05) is 0 Å². The summed E-state index contributed by atoms with van der Waals surface area (Å²) in [5.41, 5.74) is 1.37. The first-order valence-corrected chi connectivity index (χ1v) is 7.09. The Bertz CT molecular complexity index is 654. The van der Waals surface area contributed by atoms with E-state index in [9.17, 15) is 10.1 Å². The summed E-state index contributed by atoms with van der Waals surface area (Å²) < 4.78 is 5.35. The normalized spacial score (nSPS) is 16.0. The van der Waals surface area contributed by atoms with E-state index in [2.05, 4.69) is 10.3 Å². The number of hydrogen-bond acceptors (Lipinski definition) is 5. The first-order chi connectivity index (χ1) is 10.3. The number of nitrogens with zero attached hydrogens (tertiary/aromatic N) is 2. The number of nitro groups is 1. The first-order valence-electron chi connectivity index (χ1n) is 7.09. The van der Waals surface area contributed by atoms with Crippen LogP contribution in [0.2, 0.25) is 0 Å².